The lowest BCUT2D eigenvalue weighted by Gasteiger charge is -2.10. The minimum atomic E-state index is -0.581. The maximum Gasteiger partial charge on any atom is 0.236 e. The fraction of sp³-hybridized carbons (Fsp3) is 0.238. The molecule has 7 nitrogen and oxygen atoms in total. The van der Waals surface area contributed by atoms with Gasteiger partial charge in [-0.1, -0.05) is 25.6 Å². The predicted molar refractivity (Wildman–Crippen MR) is 119 cm³/mol. The number of aromatic nitrogens is 4. The van der Waals surface area contributed by atoms with E-state index in [9.17, 15) is 13.6 Å². The Kier molecular flexibility index (Phi) is 6.66. The van der Waals surface area contributed by atoms with E-state index in [-0.39, 0.29) is 28.8 Å². The number of anilines is 1. The standard InChI is InChI=1S/C21H19F2N5O2S2/c1-12(2)19-26-27-21(28(19)9-14-4-3-7-30-14)32-11-18(29)25-20-24-17(10-31-20)15-8-13(22)5-6-16(15)23/h3-8,10,12H,9,11H2,1-2H3,(H,24,25,29). The van der Waals surface area contributed by atoms with Gasteiger partial charge in [-0.25, -0.2) is 13.8 Å². The first-order chi connectivity index (χ1) is 15.4. The summed E-state index contributed by atoms with van der Waals surface area (Å²) >= 11 is 2.38. The summed E-state index contributed by atoms with van der Waals surface area (Å²) in [6, 6.07) is 6.84. The smallest absolute Gasteiger partial charge is 0.236 e. The number of carbonyl (C=O) groups is 1. The van der Waals surface area contributed by atoms with Crippen LogP contribution in [0, 0.1) is 11.6 Å². The predicted octanol–water partition coefficient (Wildman–Crippen LogP) is 5.18. The van der Waals surface area contributed by atoms with Gasteiger partial charge in [0.1, 0.15) is 23.2 Å². The van der Waals surface area contributed by atoms with E-state index in [2.05, 4.69) is 20.5 Å². The summed E-state index contributed by atoms with van der Waals surface area (Å²) in [5.74, 6) is 0.353. The molecule has 0 fully saturated rings. The van der Waals surface area contributed by atoms with Crippen LogP contribution in [0.25, 0.3) is 11.3 Å². The third-order valence-corrected chi connectivity index (χ3v) is 6.17. The van der Waals surface area contributed by atoms with Gasteiger partial charge in [0.2, 0.25) is 5.91 Å². The van der Waals surface area contributed by atoms with Crippen LogP contribution in [0.2, 0.25) is 0 Å². The van der Waals surface area contributed by atoms with Gasteiger partial charge < -0.3 is 9.73 Å². The van der Waals surface area contributed by atoms with Crippen molar-refractivity contribution in [1.82, 2.24) is 19.7 Å². The molecule has 0 saturated carbocycles. The minimum Gasteiger partial charge on any atom is -0.467 e. The molecule has 3 heterocycles. The molecule has 166 valence electrons. The molecule has 0 unspecified atom stereocenters. The zero-order chi connectivity index (χ0) is 22.7. The quantitative estimate of drug-likeness (QED) is 0.354. The number of nitrogens with one attached hydrogen (secondary N) is 1. The van der Waals surface area contributed by atoms with E-state index < -0.39 is 11.6 Å². The van der Waals surface area contributed by atoms with Crippen LogP contribution in [0.4, 0.5) is 13.9 Å². The van der Waals surface area contributed by atoms with Crippen LogP contribution in [0.5, 0.6) is 0 Å². The van der Waals surface area contributed by atoms with Crippen molar-refractivity contribution in [3.63, 3.8) is 0 Å². The summed E-state index contributed by atoms with van der Waals surface area (Å²) in [6.45, 7) is 4.50. The highest BCUT2D eigenvalue weighted by atomic mass is 32.2. The van der Waals surface area contributed by atoms with Crippen molar-refractivity contribution < 1.29 is 18.0 Å². The van der Waals surface area contributed by atoms with Crippen LogP contribution < -0.4 is 5.32 Å². The highest BCUT2D eigenvalue weighted by Crippen LogP contribution is 2.28. The first-order valence-corrected chi connectivity index (χ1v) is 11.6. The van der Waals surface area contributed by atoms with Gasteiger partial charge in [0.15, 0.2) is 10.3 Å². The van der Waals surface area contributed by atoms with Crippen molar-refractivity contribution in [2.75, 3.05) is 11.1 Å². The van der Waals surface area contributed by atoms with Gasteiger partial charge in [-0.2, -0.15) is 0 Å². The Labute approximate surface area is 190 Å². The molecule has 1 amide bonds. The number of furan rings is 1. The monoisotopic (exact) mass is 475 g/mol. The van der Waals surface area contributed by atoms with Crippen molar-refractivity contribution in [3.8, 4) is 11.3 Å². The average molecular weight is 476 g/mol. The van der Waals surface area contributed by atoms with Crippen LogP contribution >= 0.6 is 23.1 Å². The van der Waals surface area contributed by atoms with Crippen LogP contribution in [0.15, 0.2) is 51.5 Å². The summed E-state index contributed by atoms with van der Waals surface area (Å²) in [5.41, 5.74) is 0.304. The average Bonchev–Trinajstić information content (AvgIpc) is 3.50. The molecule has 0 bridgehead atoms. The molecule has 32 heavy (non-hydrogen) atoms. The topological polar surface area (TPSA) is 85.8 Å². The van der Waals surface area contributed by atoms with E-state index in [0.717, 1.165) is 41.1 Å². The molecule has 3 aromatic heterocycles. The zero-order valence-corrected chi connectivity index (χ0v) is 18.8. The summed E-state index contributed by atoms with van der Waals surface area (Å²) in [5, 5.41) is 13.6. The van der Waals surface area contributed by atoms with Crippen LogP contribution in [-0.2, 0) is 11.3 Å². The van der Waals surface area contributed by atoms with E-state index in [0.29, 0.717) is 16.8 Å². The van der Waals surface area contributed by atoms with E-state index in [4.69, 9.17) is 4.42 Å². The minimum absolute atomic E-state index is 0.0448. The zero-order valence-electron chi connectivity index (χ0n) is 17.2. The van der Waals surface area contributed by atoms with Gasteiger partial charge in [0.05, 0.1) is 24.3 Å². The van der Waals surface area contributed by atoms with Gasteiger partial charge in [-0.05, 0) is 30.3 Å². The van der Waals surface area contributed by atoms with Gasteiger partial charge in [0, 0.05) is 16.9 Å². The normalized spacial score (nSPS) is 11.3. The Morgan fingerprint density at radius 2 is 2.12 bits per heavy atom. The number of nitrogens with zero attached hydrogens (tertiary/aromatic N) is 4. The van der Waals surface area contributed by atoms with Crippen LogP contribution in [-0.4, -0.2) is 31.4 Å². The van der Waals surface area contributed by atoms with Gasteiger partial charge in [-0.3, -0.25) is 9.36 Å². The van der Waals surface area contributed by atoms with Crippen molar-refractivity contribution in [2.45, 2.75) is 31.5 Å². The van der Waals surface area contributed by atoms with E-state index in [1.165, 1.54) is 11.8 Å². The molecule has 0 aliphatic carbocycles. The SMILES string of the molecule is CC(C)c1nnc(SCC(=O)Nc2nc(-c3cc(F)ccc3F)cs2)n1Cc1ccco1. The second-order valence-corrected chi connectivity index (χ2v) is 8.96. The maximum absolute atomic E-state index is 14.0. The number of rotatable bonds is 8. The number of amides is 1. The van der Waals surface area contributed by atoms with Crippen LogP contribution in [0.1, 0.15) is 31.4 Å². The largest absolute Gasteiger partial charge is 0.467 e. The Morgan fingerprint density at radius 1 is 1.28 bits per heavy atom. The summed E-state index contributed by atoms with van der Waals surface area (Å²) < 4.78 is 34.7. The molecular weight excluding hydrogens is 456 g/mol. The molecule has 0 atom stereocenters. The molecule has 0 aliphatic heterocycles. The maximum atomic E-state index is 14.0. The highest BCUT2D eigenvalue weighted by molar-refractivity contribution is 7.99. The third kappa shape index (κ3) is 5.05. The fourth-order valence-corrected chi connectivity index (χ4v) is 4.45. The van der Waals surface area contributed by atoms with E-state index in [1.807, 2.05) is 30.5 Å². The van der Waals surface area contributed by atoms with Crippen LogP contribution in [0.3, 0.4) is 0 Å². The molecule has 4 rings (SSSR count). The Balaban J connectivity index is 1.42. The lowest BCUT2D eigenvalue weighted by molar-refractivity contribution is -0.113. The summed E-state index contributed by atoms with van der Waals surface area (Å²) in [4.78, 5) is 16.6. The highest BCUT2D eigenvalue weighted by Gasteiger charge is 2.18. The molecule has 0 aliphatic rings. The lowest BCUT2D eigenvalue weighted by Crippen LogP contribution is -2.15. The number of hydrogen-bond donors (Lipinski definition) is 1. The Hall–Kier alpha value is -3.05. The second kappa shape index (κ2) is 9.61. The summed E-state index contributed by atoms with van der Waals surface area (Å²) in [7, 11) is 0. The Bertz CT molecular complexity index is 1220. The number of benzene rings is 1. The number of halogens is 2. The number of hydrogen-bond acceptors (Lipinski definition) is 7. The van der Waals surface area contributed by atoms with Gasteiger partial charge in [0.25, 0.3) is 0 Å². The molecule has 4 aromatic rings. The number of carbonyl (C=O) groups excluding carboxylic acids is 1. The number of thiazole rings is 1. The molecule has 0 radical (unpaired) electrons. The molecule has 1 aromatic carbocycles. The summed E-state index contributed by atoms with van der Waals surface area (Å²) in [6.07, 6.45) is 1.60. The second-order valence-electron chi connectivity index (χ2n) is 7.16. The first-order valence-electron chi connectivity index (χ1n) is 9.69. The van der Waals surface area contributed by atoms with Gasteiger partial charge in [-0.15, -0.1) is 21.5 Å². The molecule has 11 heteroatoms. The molecule has 1 N–H and O–H groups in total. The third-order valence-electron chi connectivity index (χ3n) is 4.44. The van der Waals surface area contributed by atoms with Crippen molar-refractivity contribution in [2.24, 2.45) is 0 Å². The fourth-order valence-electron chi connectivity index (χ4n) is 2.97. The van der Waals surface area contributed by atoms with Crippen molar-refractivity contribution >= 4 is 34.1 Å². The molecular formula is C21H19F2N5O2S2. The van der Waals surface area contributed by atoms with Crippen molar-refractivity contribution in [1.29, 1.82) is 0 Å². The Morgan fingerprint density at radius 3 is 2.88 bits per heavy atom. The van der Waals surface area contributed by atoms with Gasteiger partial charge >= 0.3 is 0 Å². The lowest BCUT2D eigenvalue weighted by atomic mass is 10.1. The molecule has 0 spiro atoms. The molecule has 0 saturated heterocycles. The number of thioether (sulfide) groups is 1. The van der Waals surface area contributed by atoms with E-state index in [1.54, 1.807) is 11.6 Å². The first kappa shape index (κ1) is 22.2. The van der Waals surface area contributed by atoms with E-state index >= 15 is 0 Å². The van der Waals surface area contributed by atoms with Crippen molar-refractivity contribution in [3.05, 3.63) is 65.2 Å².